The Hall–Kier alpha value is -1.26. The summed E-state index contributed by atoms with van der Waals surface area (Å²) in [5, 5.41) is 10.4. The predicted molar refractivity (Wildman–Crippen MR) is 71.3 cm³/mol. The third kappa shape index (κ3) is 3.39. The van der Waals surface area contributed by atoms with Crippen LogP contribution in [-0.2, 0) is 9.53 Å². The van der Waals surface area contributed by atoms with Crippen LogP contribution in [0, 0.1) is 5.92 Å². The lowest BCUT2D eigenvalue weighted by molar-refractivity contribution is -0.150. The van der Waals surface area contributed by atoms with E-state index in [1.165, 1.54) is 32.4 Å². The zero-order valence-corrected chi connectivity index (χ0v) is 11.5. The highest BCUT2D eigenvalue weighted by molar-refractivity contribution is 6.30. The molecule has 5 heteroatoms. The lowest BCUT2D eigenvalue weighted by Crippen LogP contribution is -2.21. The van der Waals surface area contributed by atoms with Crippen LogP contribution < -0.4 is 4.74 Å². The summed E-state index contributed by atoms with van der Waals surface area (Å²) in [5.41, 5.74) is 0.346. The molecule has 1 aromatic rings. The summed E-state index contributed by atoms with van der Waals surface area (Å²) in [4.78, 5) is 11.4. The first-order chi connectivity index (χ1) is 9.11. The fourth-order valence-corrected chi connectivity index (χ4v) is 2.15. The van der Waals surface area contributed by atoms with Gasteiger partial charge in [-0.25, -0.2) is 4.79 Å². The van der Waals surface area contributed by atoms with Gasteiger partial charge in [-0.1, -0.05) is 18.0 Å². The fraction of sp³-hybridized carbons (Fsp3) is 0.500. The number of rotatable bonds is 5. The van der Waals surface area contributed by atoms with Crippen molar-refractivity contribution in [3.8, 4) is 5.75 Å². The topological polar surface area (TPSA) is 55.8 Å². The lowest BCUT2D eigenvalue weighted by atomic mass is 9.86. The lowest BCUT2D eigenvalue weighted by Gasteiger charge is -2.26. The van der Waals surface area contributed by atoms with Crippen LogP contribution in [0.25, 0.3) is 0 Å². The molecule has 1 aromatic carbocycles. The normalized spacial score (nSPS) is 16.6. The van der Waals surface area contributed by atoms with Gasteiger partial charge in [0, 0.05) is 10.6 Å². The van der Waals surface area contributed by atoms with Gasteiger partial charge in [0.15, 0.2) is 6.10 Å². The molecule has 1 aliphatic carbocycles. The maximum Gasteiger partial charge on any atom is 0.339 e. The molecule has 1 aliphatic rings. The van der Waals surface area contributed by atoms with Crippen LogP contribution in [0.15, 0.2) is 18.2 Å². The van der Waals surface area contributed by atoms with Gasteiger partial charge in [-0.15, -0.1) is 0 Å². The third-order valence-corrected chi connectivity index (χ3v) is 3.63. The van der Waals surface area contributed by atoms with Gasteiger partial charge in [-0.05, 0) is 37.0 Å². The zero-order chi connectivity index (χ0) is 13.8. The summed E-state index contributed by atoms with van der Waals surface area (Å²) < 4.78 is 10.2. The molecule has 1 fully saturated rings. The van der Waals surface area contributed by atoms with Gasteiger partial charge in [0.25, 0.3) is 0 Å². The van der Waals surface area contributed by atoms with Crippen molar-refractivity contribution in [2.45, 2.75) is 25.4 Å². The number of esters is 1. The van der Waals surface area contributed by atoms with Crippen LogP contribution in [-0.4, -0.2) is 24.8 Å². The number of methoxy groups -OCH3 is 1. The van der Waals surface area contributed by atoms with E-state index < -0.39 is 12.1 Å². The van der Waals surface area contributed by atoms with Gasteiger partial charge < -0.3 is 14.6 Å². The van der Waals surface area contributed by atoms with Crippen molar-refractivity contribution in [3.63, 3.8) is 0 Å². The molecule has 1 saturated carbocycles. The van der Waals surface area contributed by atoms with Gasteiger partial charge >= 0.3 is 5.97 Å². The molecule has 2 rings (SSSR count). The second-order valence-electron chi connectivity index (χ2n) is 4.72. The van der Waals surface area contributed by atoms with Crippen molar-refractivity contribution >= 4 is 17.6 Å². The number of benzene rings is 1. The third-order valence-electron chi connectivity index (χ3n) is 3.39. The van der Waals surface area contributed by atoms with Crippen molar-refractivity contribution < 1.29 is 19.4 Å². The van der Waals surface area contributed by atoms with Crippen LogP contribution >= 0.6 is 11.6 Å². The van der Waals surface area contributed by atoms with Gasteiger partial charge in [-0.2, -0.15) is 0 Å². The summed E-state index contributed by atoms with van der Waals surface area (Å²) in [6.45, 7) is 0.600. The monoisotopic (exact) mass is 284 g/mol. The average molecular weight is 285 g/mol. The Morgan fingerprint density at radius 1 is 1.53 bits per heavy atom. The highest BCUT2D eigenvalue weighted by atomic mass is 35.5. The minimum Gasteiger partial charge on any atom is -0.493 e. The SMILES string of the molecule is COC(=O)C(O)c1cc(Cl)ccc1OCC1CCC1. The first-order valence-electron chi connectivity index (χ1n) is 6.30. The van der Waals surface area contributed by atoms with E-state index in [0.717, 1.165) is 0 Å². The molecule has 0 spiro atoms. The van der Waals surface area contributed by atoms with E-state index in [2.05, 4.69) is 4.74 Å². The highest BCUT2D eigenvalue weighted by Gasteiger charge is 2.24. The Morgan fingerprint density at radius 2 is 2.26 bits per heavy atom. The number of carbonyl (C=O) groups is 1. The molecule has 0 amide bonds. The summed E-state index contributed by atoms with van der Waals surface area (Å²) in [6.07, 6.45) is 2.21. The molecule has 0 heterocycles. The van der Waals surface area contributed by atoms with Gasteiger partial charge in [0.05, 0.1) is 13.7 Å². The van der Waals surface area contributed by atoms with Crippen LogP contribution in [0.5, 0.6) is 5.75 Å². The minimum atomic E-state index is -1.37. The van der Waals surface area contributed by atoms with E-state index in [0.29, 0.717) is 28.9 Å². The fourth-order valence-electron chi connectivity index (χ4n) is 1.97. The quantitative estimate of drug-likeness (QED) is 0.845. The number of aliphatic hydroxyl groups is 1. The number of carbonyl (C=O) groups excluding carboxylic acids is 1. The van der Waals surface area contributed by atoms with Crippen LogP contribution in [0.1, 0.15) is 30.9 Å². The van der Waals surface area contributed by atoms with Crippen molar-refractivity contribution in [2.75, 3.05) is 13.7 Å². The molecule has 0 bridgehead atoms. The molecule has 0 aromatic heterocycles. The molecule has 0 radical (unpaired) electrons. The predicted octanol–water partition coefficient (Wildman–Crippen LogP) is 2.73. The van der Waals surface area contributed by atoms with E-state index in [-0.39, 0.29) is 0 Å². The Kier molecular flexibility index (Phi) is 4.66. The standard InChI is InChI=1S/C14H17ClO4/c1-18-14(17)13(16)11-7-10(15)5-6-12(11)19-8-9-3-2-4-9/h5-7,9,13,16H,2-4,8H2,1H3. The van der Waals surface area contributed by atoms with Crippen LogP contribution in [0.4, 0.5) is 0 Å². The maximum atomic E-state index is 11.4. The van der Waals surface area contributed by atoms with E-state index in [1.54, 1.807) is 12.1 Å². The van der Waals surface area contributed by atoms with Crippen LogP contribution in [0.2, 0.25) is 5.02 Å². The zero-order valence-electron chi connectivity index (χ0n) is 10.8. The largest absolute Gasteiger partial charge is 0.493 e. The molecule has 0 aliphatic heterocycles. The molecule has 1 unspecified atom stereocenters. The molecule has 1 N–H and O–H groups in total. The second-order valence-corrected chi connectivity index (χ2v) is 5.15. The molecule has 19 heavy (non-hydrogen) atoms. The molecule has 4 nitrogen and oxygen atoms in total. The Balaban J connectivity index is 2.13. The number of hydrogen-bond acceptors (Lipinski definition) is 4. The van der Waals surface area contributed by atoms with Crippen molar-refractivity contribution in [1.82, 2.24) is 0 Å². The summed E-state index contributed by atoms with van der Waals surface area (Å²) in [6, 6.07) is 4.87. The van der Waals surface area contributed by atoms with E-state index in [9.17, 15) is 9.90 Å². The molecular weight excluding hydrogens is 268 g/mol. The molecule has 104 valence electrons. The van der Waals surface area contributed by atoms with Crippen molar-refractivity contribution in [1.29, 1.82) is 0 Å². The smallest absolute Gasteiger partial charge is 0.339 e. The van der Waals surface area contributed by atoms with E-state index in [4.69, 9.17) is 16.3 Å². The minimum absolute atomic E-state index is 0.346. The van der Waals surface area contributed by atoms with Gasteiger partial charge in [0.1, 0.15) is 5.75 Å². The maximum absolute atomic E-state index is 11.4. The van der Waals surface area contributed by atoms with E-state index in [1.807, 2.05) is 0 Å². The number of ether oxygens (including phenoxy) is 2. The molecule has 0 saturated heterocycles. The highest BCUT2D eigenvalue weighted by Crippen LogP contribution is 2.32. The second kappa shape index (κ2) is 6.26. The Labute approximate surface area is 117 Å². The van der Waals surface area contributed by atoms with Gasteiger partial charge in [-0.3, -0.25) is 0 Å². The number of hydrogen-bond donors (Lipinski definition) is 1. The summed E-state index contributed by atoms with van der Waals surface area (Å²) in [5.74, 6) is 0.323. The first-order valence-corrected chi connectivity index (χ1v) is 6.67. The molecular formula is C14H17ClO4. The Bertz CT molecular complexity index is 457. The number of aliphatic hydroxyl groups excluding tert-OH is 1. The molecule has 1 atom stereocenters. The summed E-state index contributed by atoms with van der Waals surface area (Å²) in [7, 11) is 1.23. The van der Waals surface area contributed by atoms with E-state index >= 15 is 0 Å². The van der Waals surface area contributed by atoms with Crippen molar-refractivity contribution in [3.05, 3.63) is 28.8 Å². The van der Waals surface area contributed by atoms with Crippen molar-refractivity contribution in [2.24, 2.45) is 5.92 Å². The first kappa shape index (κ1) is 14.2. The average Bonchev–Trinajstić information content (AvgIpc) is 2.36. The summed E-state index contributed by atoms with van der Waals surface area (Å²) >= 11 is 5.89. The Morgan fingerprint density at radius 3 is 2.84 bits per heavy atom. The van der Waals surface area contributed by atoms with Crippen LogP contribution in [0.3, 0.4) is 0 Å². The number of halogens is 1. The van der Waals surface area contributed by atoms with Gasteiger partial charge in [0.2, 0.25) is 0 Å².